The normalized spacial score (nSPS) is 17.7. The van der Waals surface area contributed by atoms with E-state index in [0.29, 0.717) is 41.6 Å². The number of hydrogen-bond donors (Lipinski definition) is 2. The smallest absolute Gasteiger partial charge is 0.286 e. The number of anilines is 1. The summed E-state index contributed by atoms with van der Waals surface area (Å²) in [6.07, 6.45) is 1.51. The molecule has 1 aromatic carbocycles. The quantitative estimate of drug-likeness (QED) is 0.622. The van der Waals surface area contributed by atoms with Gasteiger partial charge in [-0.2, -0.15) is 9.40 Å². The van der Waals surface area contributed by atoms with E-state index in [4.69, 9.17) is 0 Å². The molecule has 0 saturated carbocycles. The molecule has 0 spiro atoms. The van der Waals surface area contributed by atoms with Crippen LogP contribution in [0, 0.1) is 13.8 Å². The van der Waals surface area contributed by atoms with E-state index in [1.54, 1.807) is 26.0 Å². The maximum Gasteiger partial charge on any atom is 0.286 e. The number of carbonyl (C=O) groups is 1. The number of nitrogens with zero attached hydrogens (tertiary/aromatic N) is 4. The van der Waals surface area contributed by atoms with E-state index in [1.807, 2.05) is 18.2 Å². The average Bonchev–Trinajstić information content (AvgIpc) is 3.36. The second kappa shape index (κ2) is 8.25. The fourth-order valence-electron chi connectivity index (χ4n) is 3.61. The zero-order valence-corrected chi connectivity index (χ0v) is 18.3. The Kier molecular flexibility index (Phi) is 5.67. The van der Waals surface area contributed by atoms with Crippen molar-refractivity contribution < 1.29 is 13.2 Å². The lowest BCUT2D eigenvalue weighted by atomic mass is 10.0. The third-order valence-corrected chi connectivity index (χ3v) is 8.27. The zero-order valence-electron chi connectivity index (χ0n) is 16.6. The van der Waals surface area contributed by atoms with Gasteiger partial charge in [0.25, 0.3) is 5.91 Å². The fraction of sp³-hybridized carbons (Fsp3) is 0.368. The molecule has 11 heteroatoms. The summed E-state index contributed by atoms with van der Waals surface area (Å²) in [5.74, 6) is -0.424. The Morgan fingerprint density at radius 1 is 1.23 bits per heavy atom. The predicted molar refractivity (Wildman–Crippen MR) is 113 cm³/mol. The number of amides is 1. The van der Waals surface area contributed by atoms with Crippen LogP contribution < -0.4 is 5.32 Å². The van der Waals surface area contributed by atoms with Gasteiger partial charge in [-0.25, -0.2) is 8.42 Å². The number of H-pyrrole nitrogens is 1. The molecule has 1 aliphatic rings. The van der Waals surface area contributed by atoms with Crippen molar-refractivity contribution in [1.29, 1.82) is 0 Å². The Morgan fingerprint density at radius 3 is 2.70 bits per heavy atom. The topological polar surface area (TPSA) is 121 Å². The highest BCUT2D eigenvalue weighted by Gasteiger charge is 2.35. The third-order valence-electron chi connectivity index (χ3n) is 5.06. The maximum atomic E-state index is 13.2. The van der Waals surface area contributed by atoms with Crippen molar-refractivity contribution in [3.05, 3.63) is 51.7 Å². The Morgan fingerprint density at radius 2 is 2.00 bits per heavy atom. The van der Waals surface area contributed by atoms with Gasteiger partial charge in [0.1, 0.15) is 9.90 Å². The number of benzene rings is 1. The number of nitrogens with one attached hydrogen (secondary N) is 2. The van der Waals surface area contributed by atoms with Crippen molar-refractivity contribution in [2.75, 3.05) is 18.4 Å². The summed E-state index contributed by atoms with van der Waals surface area (Å²) in [5.41, 5.74) is 1.68. The number of hydrogen-bond acceptors (Lipinski definition) is 7. The van der Waals surface area contributed by atoms with Gasteiger partial charge >= 0.3 is 0 Å². The molecule has 3 aromatic rings. The van der Waals surface area contributed by atoms with Crippen molar-refractivity contribution in [2.24, 2.45) is 0 Å². The molecule has 0 aliphatic carbocycles. The number of para-hydroxylation sites is 1. The van der Waals surface area contributed by atoms with E-state index < -0.39 is 10.0 Å². The maximum absolute atomic E-state index is 13.2. The second-order valence-electron chi connectivity index (χ2n) is 7.23. The molecule has 1 amide bonds. The summed E-state index contributed by atoms with van der Waals surface area (Å²) < 4.78 is 27.8. The Labute approximate surface area is 178 Å². The lowest BCUT2D eigenvalue weighted by Gasteiger charge is -2.30. The lowest BCUT2D eigenvalue weighted by Crippen LogP contribution is -2.39. The van der Waals surface area contributed by atoms with E-state index >= 15 is 0 Å². The minimum atomic E-state index is -3.65. The van der Waals surface area contributed by atoms with Crippen molar-refractivity contribution in [1.82, 2.24) is 24.7 Å². The highest BCUT2D eigenvalue weighted by Crippen LogP contribution is 2.33. The van der Waals surface area contributed by atoms with E-state index in [2.05, 4.69) is 25.7 Å². The highest BCUT2D eigenvalue weighted by atomic mass is 32.2. The van der Waals surface area contributed by atoms with Gasteiger partial charge in [0.2, 0.25) is 15.0 Å². The van der Waals surface area contributed by atoms with Crippen molar-refractivity contribution in [2.45, 2.75) is 37.5 Å². The van der Waals surface area contributed by atoms with Crippen LogP contribution in [-0.2, 0) is 10.0 Å². The Hall–Kier alpha value is -2.63. The van der Waals surface area contributed by atoms with Crippen molar-refractivity contribution >= 4 is 33.0 Å². The molecule has 1 saturated heterocycles. The number of carbonyl (C=O) groups excluding carboxylic acids is 1. The first-order valence-electron chi connectivity index (χ1n) is 9.58. The summed E-state index contributed by atoms with van der Waals surface area (Å²) in [5, 5.41) is 18.7. The average molecular weight is 447 g/mol. The van der Waals surface area contributed by atoms with E-state index in [9.17, 15) is 13.2 Å². The zero-order chi connectivity index (χ0) is 21.3. The van der Waals surface area contributed by atoms with Gasteiger partial charge in [-0.05, 0) is 38.8 Å². The highest BCUT2D eigenvalue weighted by molar-refractivity contribution is 7.89. The van der Waals surface area contributed by atoms with Gasteiger partial charge in [-0.3, -0.25) is 9.89 Å². The standard InChI is InChI=1S/C19H22N6O3S2/c1-12-16(13(2)22-21-12)30(27,28)25-10-6-7-14(11-25)18-23-24-19(29-18)17(26)20-15-8-4-3-5-9-15/h3-5,8-9,14H,6-7,10-11H2,1-2H3,(H,20,26)(H,21,22)/t14-/m1/s1. The van der Waals surface area contributed by atoms with Gasteiger partial charge in [0.15, 0.2) is 0 Å². The van der Waals surface area contributed by atoms with E-state index in [0.717, 1.165) is 6.42 Å². The minimum absolute atomic E-state index is 0.100. The van der Waals surface area contributed by atoms with Crippen LogP contribution in [0.3, 0.4) is 0 Å². The van der Waals surface area contributed by atoms with Crippen LogP contribution in [0.5, 0.6) is 0 Å². The molecule has 1 aliphatic heterocycles. The molecule has 4 rings (SSSR count). The summed E-state index contributed by atoms with van der Waals surface area (Å²) >= 11 is 1.21. The number of aromatic nitrogens is 4. The van der Waals surface area contributed by atoms with Gasteiger partial charge in [-0.15, -0.1) is 10.2 Å². The number of aromatic amines is 1. The van der Waals surface area contributed by atoms with E-state index in [-0.39, 0.29) is 21.7 Å². The molecule has 30 heavy (non-hydrogen) atoms. The van der Waals surface area contributed by atoms with Gasteiger partial charge in [-0.1, -0.05) is 29.5 Å². The molecular weight excluding hydrogens is 424 g/mol. The van der Waals surface area contributed by atoms with Crippen LogP contribution >= 0.6 is 11.3 Å². The first kappa shape index (κ1) is 20.6. The molecule has 1 fully saturated rings. The number of aryl methyl sites for hydroxylation is 2. The predicted octanol–water partition coefficient (Wildman–Crippen LogP) is 2.70. The molecule has 2 aromatic heterocycles. The molecule has 3 heterocycles. The molecule has 1 atom stereocenters. The minimum Gasteiger partial charge on any atom is -0.320 e. The van der Waals surface area contributed by atoms with E-state index in [1.165, 1.54) is 15.6 Å². The molecule has 0 bridgehead atoms. The summed E-state index contributed by atoms with van der Waals surface area (Å²) in [4.78, 5) is 12.7. The monoisotopic (exact) mass is 446 g/mol. The number of sulfonamides is 1. The molecule has 2 N–H and O–H groups in total. The third kappa shape index (κ3) is 4.00. The fourth-order valence-corrected chi connectivity index (χ4v) is 6.33. The first-order valence-corrected chi connectivity index (χ1v) is 11.8. The van der Waals surface area contributed by atoms with Gasteiger partial charge < -0.3 is 5.32 Å². The molecule has 0 unspecified atom stereocenters. The van der Waals surface area contributed by atoms with Crippen LogP contribution in [0.4, 0.5) is 5.69 Å². The van der Waals surface area contributed by atoms with Crippen LogP contribution in [-0.4, -0.2) is 52.1 Å². The van der Waals surface area contributed by atoms with Crippen LogP contribution in [0.1, 0.15) is 45.0 Å². The number of rotatable bonds is 5. The number of piperidine rings is 1. The van der Waals surface area contributed by atoms with Crippen molar-refractivity contribution in [3.8, 4) is 0 Å². The summed E-state index contributed by atoms with van der Waals surface area (Å²) in [7, 11) is -3.65. The molecule has 9 nitrogen and oxygen atoms in total. The van der Waals surface area contributed by atoms with Gasteiger partial charge in [0.05, 0.1) is 11.4 Å². The summed E-state index contributed by atoms with van der Waals surface area (Å²) in [6, 6.07) is 9.13. The Bertz CT molecular complexity index is 1140. The summed E-state index contributed by atoms with van der Waals surface area (Å²) in [6.45, 7) is 4.14. The first-order chi connectivity index (χ1) is 14.4. The van der Waals surface area contributed by atoms with Crippen LogP contribution in [0.2, 0.25) is 0 Å². The largest absolute Gasteiger partial charge is 0.320 e. The van der Waals surface area contributed by atoms with Crippen LogP contribution in [0.15, 0.2) is 35.2 Å². The SMILES string of the molecule is Cc1n[nH]c(C)c1S(=O)(=O)N1CCC[C@@H](c2nnc(C(=O)Nc3ccccc3)s2)C1. The van der Waals surface area contributed by atoms with Gasteiger partial charge in [0, 0.05) is 24.7 Å². The Balaban J connectivity index is 1.50. The molecule has 0 radical (unpaired) electrons. The molecular formula is C19H22N6O3S2. The lowest BCUT2D eigenvalue weighted by molar-refractivity contribution is 0.102. The second-order valence-corrected chi connectivity index (χ2v) is 10.1. The molecule has 158 valence electrons. The van der Waals surface area contributed by atoms with Crippen LogP contribution in [0.25, 0.3) is 0 Å². The van der Waals surface area contributed by atoms with Crippen molar-refractivity contribution in [3.63, 3.8) is 0 Å².